The SMILES string of the molecule is CCCC/C=C/CCCCCCCCCCCNCCCC. The van der Waals surface area contributed by atoms with Gasteiger partial charge in [0.05, 0.1) is 0 Å². The lowest BCUT2D eigenvalue weighted by Gasteiger charge is -2.04. The molecule has 0 amide bonds. The molecule has 1 N–H and O–H groups in total. The second kappa shape index (κ2) is 20.7. The van der Waals surface area contributed by atoms with Crippen molar-refractivity contribution in [2.75, 3.05) is 13.1 Å². The summed E-state index contributed by atoms with van der Waals surface area (Å²) >= 11 is 0. The Balaban J connectivity index is 2.98. The number of hydrogen-bond acceptors (Lipinski definition) is 1. The molecular weight excluding hydrogens is 266 g/mol. The molecule has 0 atom stereocenters. The molecule has 0 aliphatic carbocycles. The van der Waals surface area contributed by atoms with Crippen molar-refractivity contribution in [2.24, 2.45) is 0 Å². The van der Waals surface area contributed by atoms with Gasteiger partial charge in [0.2, 0.25) is 0 Å². The summed E-state index contributed by atoms with van der Waals surface area (Å²) in [6.07, 6.45) is 25.5. The van der Waals surface area contributed by atoms with Gasteiger partial charge in [0.15, 0.2) is 0 Å². The van der Waals surface area contributed by atoms with E-state index in [2.05, 4.69) is 31.3 Å². The molecule has 0 rings (SSSR count). The highest BCUT2D eigenvalue weighted by Crippen LogP contribution is 2.11. The molecule has 132 valence electrons. The van der Waals surface area contributed by atoms with Gasteiger partial charge in [-0.05, 0) is 45.2 Å². The maximum atomic E-state index is 3.53. The van der Waals surface area contributed by atoms with E-state index in [-0.39, 0.29) is 0 Å². The van der Waals surface area contributed by atoms with E-state index in [0.717, 1.165) is 0 Å². The van der Waals surface area contributed by atoms with Crippen LogP contribution in [0.1, 0.15) is 110 Å². The fourth-order valence-corrected chi connectivity index (χ4v) is 2.73. The Bertz CT molecular complexity index is 210. The number of hydrogen-bond donors (Lipinski definition) is 1. The molecule has 0 aromatic rings. The summed E-state index contributed by atoms with van der Waals surface area (Å²) in [6, 6.07) is 0. The number of nitrogens with one attached hydrogen (secondary N) is 1. The Kier molecular flexibility index (Phi) is 20.4. The molecule has 1 heteroatoms. The van der Waals surface area contributed by atoms with Gasteiger partial charge in [-0.3, -0.25) is 0 Å². The Labute approximate surface area is 141 Å². The van der Waals surface area contributed by atoms with E-state index in [9.17, 15) is 0 Å². The Morgan fingerprint density at radius 1 is 0.500 bits per heavy atom. The van der Waals surface area contributed by atoms with Gasteiger partial charge < -0.3 is 5.32 Å². The van der Waals surface area contributed by atoms with Crippen molar-refractivity contribution in [1.29, 1.82) is 0 Å². The van der Waals surface area contributed by atoms with Crippen molar-refractivity contribution in [3.63, 3.8) is 0 Å². The van der Waals surface area contributed by atoms with Crippen molar-refractivity contribution in [2.45, 2.75) is 110 Å². The van der Waals surface area contributed by atoms with E-state index < -0.39 is 0 Å². The Hall–Kier alpha value is -0.300. The standard InChI is InChI=1S/C21H43N/c1-3-5-7-8-9-10-11-12-13-14-15-16-17-18-19-21-22-20-6-4-2/h8-9,22H,3-7,10-21H2,1-2H3/b9-8+. The zero-order valence-corrected chi connectivity index (χ0v) is 15.7. The highest BCUT2D eigenvalue weighted by atomic mass is 14.8. The van der Waals surface area contributed by atoms with E-state index in [1.54, 1.807) is 0 Å². The molecule has 0 saturated carbocycles. The summed E-state index contributed by atoms with van der Waals surface area (Å²) in [4.78, 5) is 0. The Morgan fingerprint density at radius 2 is 0.955 bits per heavy atom. The third-order valence-electron chi connectivity index (χ3n) is 4.32. The van der Waals surface area contributed by atoms with Crippen LogP contribution in [0.5, 0.6) is 0 Å². The second-order valence-electron chi connectivity index (χ2n) is 6.69. The minimum Gasteiger partial charge on any atom is -0.317 e. The zero-order valence-electron chi connectivity index (χ0n) is 15.7. The van der Waals surface area contributed by atoms with E-state index in [1.807, 2.05) is 0 Å². The first-order valence-corrected chi connectivity index (χ1v) is 10.3. The molecule has 0 bridgehead atoms. The van der Waals surface area contributed by atoms with Crippen molar-refractivity contribution < 1.29 is 0 Å². The molecule has 0 aliphatic heterocycles. The minimum atomic E-state index is 1.21. The van der Waals surface area contributed by atoms with E-state index in [1.165, 1.54) is 109 Å². The fourth-order valence-electron chi connectivity index (χ4n) is 2.73. The summed E-state index contributed by atoms with van der Waals surface area (Å²) in [6.45, 7) is 6.96. The molecular formula is C21H43N. The van der Waals surface area contributed by atoms with Crippen molar-refractivity contribution in [3.8, 4) is 0 Å². The third-order valence-corrected chi connectivity index (χ3v) is 4.32. The zero-order chi connectivity index (χ0) is 16.1. The molecule has 0 fully saturated rings. The number of rotatable bonds is 18. The molecule has 0 aromatic heterocycles. The smallest absolute Gasteiger partial charge is 0.00489 e. The number of allylic oxidation sites excluding steroid dienone is 2. The largest absolute Gasteiger partial charge is 0.317 e. The van der Waals surface area contributed by atoms with Crippen molar-refractivity contribution >= 4 is 0 Å². The average Bonchev–Trinajstić information content (AvgIpc) is 2.54. The van der Waals surface area contributed by atoms with E-state index in [0.29, 0.717) is 0 Å². The molecule has 0 saturated heterocycles. The lowest BCUT2D eigenvalue weighted by Crippen LogP contribution is -2.16. The van der Waals surface area contributed by atoms with Gasteiger partial charge in [-0.1, -0.05) is 90.2 Å². The summed E-state index contributed by atoms with van der Waals surface area (Å²) in [7, 11) is 0. The van der Waals surface area contributed by atoms with Crippen LogP contribution in [0.4, 0.5) is 0 Å². The van der Waals surface area contributed by atoms with Gasteiger partial charge in [-0.25, -0.2) is 0 Å². The van der Waals surface area contributed by atoms with Gasteiger partial charge in [0, 0.05) is 0 Å². The van der Waals surface area contributed by atoms with Crippen LogP contribution in [0, 0.1) is 0 Å². The first-order valence-electron chi connectivity index (χ1n) is 10.3. The highest BCUT2D eigenvalue weighted by molar-refractivity contribution is 4.81. The van der Waals surface area contributed by atoms with Gasteiger partial charge in [-0.15, -0.1) is 0 Å². The van der Waals surface area contributed by atoms with Crippen LogP contribution in [0.3, 0.4) is 0 Å². The monoisotopic (exact) mass is 309 g/mol. The first kappa shape index (κ1) is 21.7. The molecule has 0 aliphatic rings. The van der Waals surface area contributed by atoms with Gasteiger partial charge in [0.25, 0.3) is 0 Å². The molecule has 1 nitrogen and oxygen atoms in total. The van der Waals surface area contributed by atoms with Crippen LogP contribution < -0.4 is 5.32 Å². The molecule has 0 radical (unpaired) electrons. The molecule has 0 spiro atoms. The first-order chi connectivity index (χ1) is 10.9. The lowest BCUT2D eigenvalue weighted by atomic mass is 10.1. The van der Waals surface area contributed by atoms with E-state index in [4.69, 9.17) is 0 Å². The predicted octanol–water partition coefficient (Wildman–Crippen LogP) is 7.02. The molecule has 22 heavy (non-hydrogen) atoms. The van der Waals surface area contributed by atoms with Crippen LogP contribution in [0.2, 0.25) is 0 Å². The third kappa shape index (κ3) is 19.7. The summed E-state index contributed by atoms with van der Waals surface area (Å²) in [5.41, 5.74) is 0. The predicted molar refractivity (Wildman–Crippen MR) is 103 cm³/mol. The average molecular weight is 310 g/mol. The van der Waals surface area contributed by atoms with Crippen molar-refractivity contribution in [1.82, 2.24) is 5.32 Å². The molecule has 0 unspecified atom stereocenters. The van der Waals surface area contributed by atoms with Gasteiger partial charge in [0.1, 0.15) is 0 Å². The van der Waals surface area contributed by atoms with Crippen LogP contribution >= 0.6 is 0 Å². The van der Waals surface area contributed by atoms with Gasteiger partial charge in [-0.2, -0.15) is 0 Å². The van der Waals surface area contributed by atoms with Crippen LogP contribution in [0.25, 0.3) is 0 Å². The maximum absolute atomic E-state index is 3.53. The topological polar surface area (TPSA) is 12.0 Å². The van der Waals surface area contributed by atoms with Crippen LogP contribution in [-0.4, -0.2) is 13.1 Å². The molecule has 0 heterocycles. The summed E-state index contributed by atoms with van der Waals surface area (Å²) in [5.74, 6) is 0. The quantitative estimate of drug-likeness (QED) is 0.212. The summed E-state index contributed by atoms with van der Waals surface area (Å²) < 4.78 is 0. The van der Waals surface area contributed by atoms with Crippen LogP contribution in [0.15, 0.2) is 12.2 Å². The Morgan fingerprint density at radius 3 is 1.55 bits per heavy atom. The second-order valence-corrected chi connectivity index (χ2v) is 6.69. The highest BCUT2D eigenvalue weighted by Gasteiger charge is 1.93. The van der Waals surface area contributed by atoms with E-state index >= 15 is 0 Å². The molecule has 0 aromatic carbocycles. The van der Waals surface area contributed by atoms with Crippen LogP contribution in [-0.2, 0) is 0 Å². The normalized spacial score (nSPS) is 11.5. The van der Waals surface area contributed by atoms with Gasteiger partial charge >= 0.3 is 0 Å². The lowest BCUT2D eigenvalue weighted by molar-refractivity contribution is 0.542. The maximum Gasteiger partial charge on any atom is -0.00489 e. The fraction of sp³-hybridized carbons (Fsp3) is 0.905. The van der Waals surface area contributed by atoms with Crippen molar-refractivity contribution in [3.05, 3.63) is 12.2 Å². The number of unbranched alkanes of at least 4 members (excludes halogenated alkanes) is 12. The summed E-state index contributed by atoms with van der Waals surface area (Å²) in [5, 5.41) is 3.53. The minimum absolute atomic E-state index is 1.21.